The van der Waals surface area contributed by atoms with Crippen LogP contribution in [0.4, 0.5) is 8.78 Å². The summed E-state index contributed by atoms with van der Waals surface area (Å²) in [7, 11) is 0. The molecule has 3 aromatic carbocycles. The first-order chi connectivity index (χ1) is 14.6. The van der Waals surface area contributed by atoms with E-state index in [2.05, 4.69) is 21.2 Å². The lowest BCUT2D eigenvalue weighted by Gasteiger charge is -2.15. The summed E-state index contributed by atoms with van der Waals surface area (Å²) in [6, 6.07) is 16.8. The molecular formula is C24H24BrF2NO2. The zero-order chi connectivity index (χ0) is 21.3. The summed E-state index contributed by atoms with van der Waals surface area (Å²) in [5, 5.41) is 3.34. The van der Waals surface area contributed by atoms with E-state index in [1.54, 1.807) is 24.3 Å². The molecule has 0 aromatic heterocycles. The van der Waals surface area contributed by atoms with Crippen LogP contribution >= 0.6 is 15.9 Å². The zero-order valence-corrected chi connectivity index (χ0v) is 18.3. The van der Waals surface area contributed by atoms with Gasteiger partial charge in [0, 0.05) is 11.0 Å². The largest absolute Gasteiger partial charge is 0.490 e. The molecule has 0 heterocycles. The van der Waals surface area contributed by atoms with Crippen molar-refractivity contribution in [1.82, 2.24) is 5.32 Å². The number of hydrogen-bond acceptors (Lipinski definition) is 3. The standard InChI is InChI=1S/C24H24BrF2NO2/c1-2-29-23-13-19(15-28-12-11-18-5-3-4-6-22(18)27)21(25)14-24(23)30-16-17-7-9-20(26)10-8-17/h3-10,13-14,28H,2,11-12,15-16H2,1H3. The highest BCUT2D eigenvalue weighted by Crippen LogP contribution is 2.34. The van der Waals surface area contributed by atoms with Gasteiger partial charge in [-0.1, -0.05) is 46.3 Å². The molecule has 3 nitrogen and oxygen atoms in total. The summed E-state index contributed by atoms with van der Waals surface area (Å²) in [6.45, 7) is 3.99. The van der Waals surface area contributed by atoms with E-state index >= 15 is 0 Å². The van der Waals surface area contributed by atoms with Crippen LogP contribution in [-0.2, 0) is 19.6 Å². The predicted octanol–water partition coefficient (Wildman–Crippen LogP) is 6.04. The summed E-state index contributed by atoms with van der Waals surface area (Å²) < 4.78 is 39.3. The Morgan fingerprint density at radius 3 is 2.37 bits per heavy atom. The lowest BCUT2D eigenvalue weighted by atomic mass is 10.1. The van der Waals surface area contributed by atoms with Gasteiger partial charge in [0.25, 0.3) is 0 Å². The SMILES string of the molecule is CCOc1cc(CNCCc2ccccc2F)c(Br)cc1OCc1ccc(F)cc1. The van der Waals surface area contributed by atoms with Gasteiger partial charge in [-0.3, -0.25) is 0 Å². The third-order valence-corrected chi connectivity index (χ3v) is 5.30. The molecule has 0 saturated carbocycles. The summed E-state index contributed by atoms with van der Waals surface area (Å²) in [6.07, 6.45) is 0.613. The first-order valence-corrected chi connectivity index (χ1v) is 10.6. The first kappa shape index (κ1) is 22.2. The first-order valence-electron chi connectivity index (χ1n) is 9.83. The van der Waals surface area contributed by atoms with Crippen LogP contribution in [-0.4, -0.2) is 13.2 Å². The van der Waals surface area contributed by atoms with Gasteiger partial charge in [-0.15, -0.1) is 0 Å². The second-order valence-electron chi connectivity index (χ2n) is 6.76. The Labute approximate surface area is 184 Å². The molecule has 0 radical (unpaired) electrons. The highest BCUT2D eigenvalue weighted by molar-refractivity contribution is 9.10. The topological polar surface area (TPSA) is 30.5 Å². The van der Waals surface area contributed by atoms with E-state index in [0.29, 0.717) is 49.8 Å². The minimum absolute atomic E-state index is 0.179. The second kappa shape index (κ2) is 11.1. The minimum atomic E-state index is -0.275. The van der Waals surface area contributed by atoms with E-state index in [9.17, 15) is 8.78 Å². The van der Waals surface area contributed by atoms with Gasteiger partial charge in [0.15, 0.2) is 11.5 Å². The van der Waals surface area contributed by atoms with Crippen LogP contribution in [0.15, 0.2) is 65.1 Å². The molecule has 0 unspecified atom stereocenters. The third-order valence-electron chi connectivity index (χ3n) is 4.56. The Morgan fingerprint density at radius 2 is 1.63 bits per heavy atom. The van der Waals surface area contributed by atoms with Crippen LogP contribution in [0.25, 0.3) is 0 Å². The van der Waals surface area contributed by atoms with Crippen molar-refractivity contribution in [3.05, 3.63) is 93.5 Å². The third kappa shape index (κ3) is 6.28. The summed E-state index contributed by atoms with van der Waals surface area (Å²) in [5.41, 5.74) is 2.58. The van der Waals surface area contributed by atoms with E-state index in [1.807, 2.05) is 25.1 Å². The molecule has 0 aliphatic carbocycles. The number of rotatable bonds is 10. The van der Waals surface area contributed by atoms with Crippen molar-refractivity contribution in [2.45, 2.75) is 26.5 Å². The quantitative estimate of drug-likeness (QED) is 0.362. The predicted molar refractivity (Wildman–Crippen MR) is 118 cm³/mol. The average Bonchev–Trinajstić information content (AvgIpc) is 2.74. The molecule has 0 amide bonds. The molecule has 0 spiro atoms. The Kier molecular flexibility index (Phi) is 8.22. The minimum Gasteiger partial charge on any atom is -0.490 e. The van der Waals surface area contributed by atoms with Crippen LogP contribution < -0.4 is 14.8 Å². The van der Waals surface area contributed by atoms with Gasteiger partial charge in [0.2, 0.25) is 0 Å². The van der Waals surface area contributed by atoms with E-state index in [-0.39, 0.29) is 11.6 Å². The van der Waals surface area contributed by atoms with Gasteiger partial charge < -0.3 is 14.8 Å². The fraction of sp³-hybridized carbons (Fsp3) is 0.250. The number of hydrogen-bond donors (Lipinski definition) is 1. The van der Waals surface area contributed by atoms with Crippen molar-refractivity contribution in [1.29, 1.82) is 0 Å². The Morgan fingerprint density at radius 1 is 0.900 bits per heavy atom. The number of nitrogens with one attached hydrogen (secondary N) is 1. The molecule has 30 heavy (non-hydrogen) atoms. The van der Waals surface area contributed by atoms with E-state index in [0.717, 1.165) is 15.6 Å². The Balaban J connectivity index is 1.61. The maximum Gasteiger partial charge on any atom is 0.162 e. The molecule has 0 atom stereocenters. The number of benzene rings is 3. The maximum absolute atomic E-state index is 13.7. The van der Waals surface area contributed by atoms with Crippen molar-refractivity contribution in [2.24, 2.45) is 0 Å². The van der Waals surface area contributed by atoms with E-state index < -0.39 is 0 Å². The van der Waals surface area contributed by atoms with Crippen molar-refractivity contribution in [3.63, 3.8) is 0 Å². The summed E-state index contributed by atoms with van der Waals surface area (Å²) >= 11 is 3.59. The van der Waals surface area contributed by atoms with E-state index in [1.165, 1.54) is 18.2 Å². The van der Waals surface area contributed by atoms with Crippen molar-refractivity contribution in [2.75, 3.05) is 13.2 Å². The molecule has 0 aliphatic heterocycles. The lowest BCUT2D eigenvalue weighted by molar-refractivity contribution is 0.268. The van der Waals surface area contributed by atoms with Gasteiger partial charge >= 0.3 is 0 Å². The molecule has 0 bridgehead atoms. The van der Waals surface area contributed by atoms with Gasteiger partial charge in [-0.2, -0.15) is 0 Å². The normalized spacial score (nSPS) is 10.8. The Hall–Kier alpha value is -2.44. The number of halogens is 3. The average molecular weight is 476 g/mol. The fourth-order valence-electron chi connectivity index (χ4n) is 2.98. The summed E-state index contributed by atoms with van der Waals surface area (Å²) in [4.78, 5) is 0. The molecule has 6 heteroatoms. The highest BCUT2D eigenvalue weighted by atomic mass is 79.9. The van der Waals surface area contributed by atoms with Crippen LogP contribution in [0.1, 0.15) is 23.6 Å². The van der Waals surface area contributed by atoms with Gasteiger partial charge in [-0.25, -0.2) is 8.78 Å². The van der Waals surface area contributed by atoms with Crippen LogP contribution in [0, 0.1) is 11.6 Å². The second-order valence-corrected chi connectivity index (χ2v) is 7.61. The maximum atomic E-state index is 13.7. The number of ether oxygens (including phenoxy) is 2. The molecule has 158 valence electrons. The molecule has 0 aliphatic rings. The van der Waals surface area contributed by atoms with Gasteiger partial charge in [0.1, 0.15) is 18.2 Å². The Bertz CT molecular complexity index is 964. The van der Waals surface area contributed by atoms with Crippen molar-refractivity contribution in [3.8, 4) is 11.5 Å². The van der Waals surface area contributed by atoms with Crippen molar-refractivity contribution >= 4 is 15.9 Å². The highest BCUT2D eigenvalue weighted by Gasteiger charge is 2.11. The molecule has 0 fully saturated rings. The van der Waals surface area contributed by atoms with Crippen molar-refractivity contribution < 1.29 is 18.3 Å². The molecule has 0 saturated heterocycles. The van der Waals surface area contributed by atoms with Gasteiger partial charge in [-0.05, 0) is 66.9 Å². The molecule has 3 rings (SSSR count). The zero-order valence-electron chi connectivity index (χ0n) is 16.8. The molecule has 3 aromatic rings. The molecular weight excluding hydrogens is 452 g/mol. The van der Waals surface area contributed by atoms with Crippen LogP contribution in [0.5, 0.6) is 11.5 Å². The van der Waals surface area contributed by atoms with E-state index in [4.69, 9.17) is 9.47 Å². The van der Waals surface area contributed by atoms with Crippen LogP contribution in [0.2, 0.25) is 0 Å². The summed E-state index contributed by atoms with van der Waals surface area (Å²) in [5.74, 6) is 0.807. The monoisotopic (exact) mass is 475 g/mol. The fourth-order valence-corrected chi connectivity index (χ4v) is 3.45. The smallest absolute Gasteiger partial charge is 0.162 e. The molecule has 1 N–H and O–H groups in total. The van der Waals surface area contributed by atoms with Crippen LogP contribution in [0.3, 0.4) is 0 Å². The lowest BCUT2D eigenvalue weighted by Crippen LogP contribution is -2.17. The van der Waals surface area contributed by atoms with Gasteiger partial charge in [0.05, 0.1) is 6.61 Å².